The van der Waals surface area contributed by atoms with Gasteiger partial charge in [0.2, 0.25) is 0 Å². The maximum Gasteiger partial charge on any atom is 0.319 e. The molecule has 1 aromatic carbocycles. The van der Waals surface area contributed by atoms with Crippen molar-refractivity contribution >= 4 is 40.6 Å². The summed E-state index contributed by atoms with van der Waals surface area (Å²) in [5, 5.41) is 16.6. The van der Waals surface area contributed by atoms with E-state index in [0.717, 1.165) is 53.0 Å². The number of rotatable bonds is 9. The van der Waals surface area contributed by atoms with Gasteiger partial charge in [-0.2, -0.15) is 0 Å². The van der Waals surface area contributed by atoms with Crippen molar-refractivity contribution in [1.82, 2.24) is 20.3 Å². The average Bonchev–Trinajstić information content (AvgIpc) is 3.59. The predicted molar refractivity (Wildman–Crippen MR) is 152 cm³/mol. The van der Waals surface area contributed by atoms with Crippen molar-refractivity contribution in [2.45, 2.75) is 48.1 Å². The van der Waals surface area contributed by atoms with Gasteiger partial charge in [-0.3, -0.25) is 0 Å². The summed E-state index contributed by atoms with van der Waals surface area (Å²) in [4.78, 5) is 29.3. The Morgan fingerprint density at radius 1 is 1.16 bits per heavy atom. The van der Waals surface area contributed by atoms with Crippen LogP contribution in [0.1, 0.15) is 43.5 Å². The second-order valence-corrected chi connectivity index (χ2v) is 12.1. The number of aliphatic hydroxyl groups is 1. The molecule has 1 saturated heterocycles. The topological polar surface area (TPSA) is 112 Å². The molecule has 2 fully saturated rings. The number of morpholine rings is 1. The highest BCUT2D eigenvalue weighted by Gasteiger charge is 2.40. The molecule has 0 spiro atoms. The number of ether oxygens (including phenoxy) is 1. The SMILES string of the molecule is Cc1csc(SC2(c3cc(N4CCOCC4)nc(-c4ccc(NC(=O)NCCCO)cc4)n3)CCCC2)n1. The van der Waals surface area contributed by atoms with Crippen LogP contribution in [0.15, 0.2) is 40.1 Å². The zero-order valence-corrected chi connectivity index (χ0v) is 23.2. The first-order valence-corrected chi connectivity index (χ1v) is 14.8. The Morgan fingerprint density at radius 3 is 2.61 bits per heavy atom. The van der Waals surface area contributed by atoms with Crippen LogP contribution in [0.4, 0.5) is 16.3 Å². The zero-order valence-electron chi connectivity index (χ0n) is 21.6. The van der Waals surface area contributed by atoms with E-state index < -0.39 is 0 Å². The van der Waals surface area contributed by atoms with Gasteiger partial charge in [0.15, 0.2) is 10.2 Å². The lowest BCUT2D eigenvalue weighted by Gasteiger charge is -2.31. The van der Waals surface area contributed by atoms with Crippen molar-refractivity contribution in [2.75, 3.05) is 49.7 Å². The molecule has 38 heavy (non-hydrogen) atoms. The lowest BCUT2D eigenvalue weighted by molar-refractivity contribution is 0.122. The number of nitrogens with one attached hydrogen (secondary N) is 2. The van der Waals surface area contributed by atoms with Gasteiger partial charge in [-0.1, -0.05) is 24.6 Å². The molecule has 0 bridgehead atoms. The number of urea groups is 1. The van der Waals surface area contributed by atoms with Crippen LogP contribution in [0.3, 0.4) is 0 Å². The molecule has 0 radical (unpaired) electrons. The second-order valence-electron chi connectivity index (χ2n) is 9.63. The number of benzene rings is 1. The van der Waals surface area contributed by atoms with Gasteiger partial charge >= 0.3 is 6.03 Å². The first kappa shape index (κ1) is 26.9. The van der Waals surface area contributed by atoms with Gasteiger partial charge < -0.3 is 25.4 Å². The molecule has 2 aliphatic rings. The molecular formula is C27H34N6O3S2. The van der Waals surface area contributed by atoms with E-state index in [4.69, 9.17) is 24.8 Å². The number of hydrogen-bond acceptors (Lipinski definition) is 9. The average molecular weight is 555 g/mol. The molecule has 0 unspecified atom stereocenters. The molecular weight excluding hydrogens is 520 g/mol. The molecule has 1 aliphatic heterocycles. The summed E-state index contributed by atoms with van der Waals surface area (Å²) in [5.74, 6) is 1.62. The number of anilines is 2. The van der Waals surface area contributed by atoms with Crippen molar-refractivity contribution in [3.63, 3.8) is 0 Å². The first-order chi connectivity index (χ1) is 18.5. The summed E-state index contributed by atoms with van der Waals surface area (Å²) in [6.45, 7) is 5.49. The Kier molecular flexibility index (Phi) is 8.78. The van der Waals surface area contributed by atoms with Gasteiger partial charge in [0.1, 0.15) is 5.82 Å². The highest BCUT2D eigenvalue weighted by atomic mass is 32.2. The van der Waals surface area contributed by atoms with Crippen LogP contribution < -0.4 is 15.5 Å². The van der Waals surface area contributed by atoms with Crippen molar-refractivity contribution in [3.05, 3.63) is 47.1 Å². The minimum atomic E-state index is -0.295. The van der Waals surface area contributed by atoms with Crippen molar-refractivity contribution in [3.8, 4) is 11.4 Å². The lowest BCUT2D eigenvalue weighted by atomic mass is 10.0. The molecule has 11 heteroatoms. The molecule has 3 heterocycles. The molecule has 0 atom stereocenters. The summed E-state index contributed by atoms with van der Waals surface area (Å²) in [6.07, 6.45) is 4.98. The Bertz CT molecular complexity index is 1220. The molecule has 9 nitrogen and oxygen atoms in total. The van der Waals surface area contributed by atoms with E-state index in [0.29, 0.717) is 37.7 Å². The quantitative estimate of drug-likeness (QED) is 0.323. The second kappa shape index (κ2) is 12.4. The highest BCUT2D eigenvalue weighted by molar-refractivity contribution is 8.01. The molecule has 2 aromatic heterocycles. The largest absolute Gasteiger partial charge is 0.396 e. The maximum absolute atomic E-state index is 12.1. The standard InChI is InChI=1S/C27H34N6O3S2/c1-19-18-37-26(29-19)38-27(9-2-3-10-27)22-17-23(33-12-15-36-16-13-33)32-24(31-22)20-5-7-21(8-6-20)30-25(35)28-11-4-14-34/h5-8,17-18,34H,2-4,9-16H2,1H3,(H2,28,30,35). The van der Waals surface area contributed by atoms with E-state index in [1.54, 1.807) is 11.3 Å². The molecule has 5 rings (SSSR count). The molecule has 3 aromatic rings. The molecule has 2 amide bonds. The predicted octanol–water partition coefficient (Wildman–Crippen LogP) is 4.81. The summed E-state index contributed by atoms with van der Waals surface area (Å²) < 4.78 is 6.56. The number of hydrogen-bond donors (Lipinski definition) is 3. The number of aromatic nitrogens is 3. The summed E-state index contributed by atoms with van der Waals surface area (Å²) in [7, 11) is 0. The Morgan fingerprint density at radius 2 is 1.92 bits per heavy atom. The third-order valence-corrected chi connectivity index (χ3v) is 9.39. The van der Waals surface area contributed by atoms with Crippen molar-refractivity contribution < 1.29 is 14.6 Å². The smallest absolute Gasteiger partial charge is 0.319 e. The van der Waals surface area contributed by atoms with E-state index >= 15 is 0 Å². The van der Waals surface area contributed by atoms with Gasteiger partial charge in [0.25, 0.3) is 0 Å². The van der Waals surface area contributed by atoms with Crippen LogP contribution in [0.5, 0.6) is 0 Å². The van der Waals surface area contributed by atoms with Crippen LogP contribution >= 0.6 is 23.1 Å². The number of amides is 2. The van der Waals surface area contributed by atoms with Crippen LogP contribution in [0.25, 0.3) is 11.4 Å². The first-order valence-electron chi connectivity index (χ1n) is 13.1. The van der Waals surface area contributed by atoms with Gasteiger partial charge in [-0.25, -0.2) is 19.7 Å². The van der Waals surface area contributed by atoms with E-state index in [1.807, 2.05) is 43.0 Å². The summed E-state index contributed by atoms with van der Waals surface area (Å²) in [5.41, 5.74) is 3.70. The fourth-order valence-electron chi connectivity index (χ4n) is 4.81. The van der Waals surface area contributed by atoms with E-state index in [2.05, 4.69) is 27.0 Å². The number of carbonyl (C=O) groups excluding carboxylic acids is 1. The lowest BCUT2D eigenvalue weighted by Crippen LogP contribution is -2.37. The van der Waals surface area contributed by atoms with Crippen LogP contribution in [0.2, 0.25) is 0 Å². The van der Waals surface area contributed by atoms with E-state index in [1.165, 1.54) is 12.8 Å². The number of aliphatic hydroxyl groups excluding tert-OH is 1. The number of aryl methyl sites for hydroxylation is 1. The minimum absolute atomic E-state index is 0.0454. The van der Waals surface area contributed by atoms with Crippen LogP contribution in [-0.2, 0) is 9.48 Å². The van der Waals surface area contributed by atoms with Gasteiger partial charge in [0.05, 0.1) is 23.7 Å². The Balaban J connectivity index is 1.45. The number of carbonyl (C=O) groups is 1. The molecule has 1 saturated carbocycles. The zero-order chi connectivity index (χ0) is 26.4. The third kappa shape index (κ3) is 6.45. The third-order valence-electron chi connectivity index (χ3n) is 6.83. The van der Waals surface area contributed by atoms with Crippen molar-refractivity contribution in [1.29, 1.82) is 0 Å². The van der Waals surface area contributed by atoms with Gasteiger partial charge in [-0.05, 0) is 50.5 Å². The van der Waals surface area contributed by atoms with Crippen LogP contribution in [-0.4, -0.2) is 65.5 Å². The minimum Gasteiger partial charge on any atom is -0.396 e. The fourth-order valence-corrected chi connectivity index (χ4v) is 7.38. The summed E-state index contributed by atoms with van der Waals surface area (Å²) in [6, 6.07) is 9.51. The maximum atomic E-state index is 12.1. The Labute approximate surface area is 231 Å². The number of thiazole rings is 1. The highest BCUT2D eigenvalue weighted by Crippen LogP contribution is 2.53. The van der Waals surface area contributed by atoms with Gasteiger partial charge in [-0.15, -0.1) is 11.3 Å². The summed E-state index contributed by atoms with van der Waals surface area (Å²) >= 11 is 3.56. The number of thioether (sulfide) groups is 1. The normalized spacial score (nSPS) is 16.9. The monoisotopic (exact) mass is 554 g/mol. The Hall–Kier alpha value is -2.73. The van der Waals surface area contributed by atoms with Crippen molar-refractivity contribution in [2.24, 2.45) is 0 Å². The fraction of sp³-hybridized carbons (Fsp3) is 0.481. The van der Waals surface area contributed by atoms with E-state index in [9.17, 15) is 4.79 Å². The number of nitrogens with zero attached hydrogens (tertiary/aromatic N) is 4. The van der Waals surface area contributed by atoms with E-state index in [-0.39, 0.29) is 17.4 Å². The van der Waals surface area contributed by atoms with Crippen LogP contribution in [0, 0.1) is 6.92 Å². The van der Waals surface area contributed by atoms with Gasteiger partial charge in [0, 0.05) is 54.6 Å². The molecule has 3 N–H and O–H groups in total. The molecule has 202 valence electrons. The molecule has 1 aliphatic carbocycles.